The summed E-state index contributed by atoms with van der Waals surface area (Å²) in [5, 5.41) is 9.52. The Morgan fingerprint density at radius 3 is 2.65 bits per heavy atom. The number of nitrogens with zero attached hydrogens (tertiary/aromatic N) is 1. The van der Waals surface area contributed by atoms with Gasteiger partial charge in [0.05, 0.1) is 6.04 Å². The minimum atomic E-state index is -0.206. The second-order valence-corrected chi connectivity index (χ2v) is 5.58. The smallest absolute Gasteiger partial charge is 0.155 e. The van der Waals surface area contributed by atoms with Gasteiger partial charge >= 0.3 is 0 Å². The van der Waals surface area contributed by atoms with Crippen LogP contribution in [0.1, 0.15) is 38.8 Å². The van der Waals surface area contributed by atoms with Crippen LogP contribution >= 0.6 is 0 Å². The molecule has 17 heavy (non-hydrogen) atoms. The molecule has 0 aromatic heterocycles. The summed E-state index contributed by atoms with van der Waals surface area (Å²) in [7, 11) is 0. The summed E-state index contributed by atoms with van der Waals surface area (Å²) < 4.78 is 0. The quantitative estimate of drug-likeness (QED) is 0.810. The predicted octanol–water partition coefficient (Wildman–Crippen LogP) is 2.51. The molecule has 0 bridgehead atoms. The lowest BCUT2D eigenvalue weighted by Crippen LogP contribution is -2.41. The lowest BCUT2D eigenvalue weighted by atomic mass is 9.98. The van der Waals surface area contributed by atoms with Crippen LogP contribution in [0.3, 0.4) is 0 Å². The summed E-state index contributed by atoms with van der Waals surface area (Å²) in [5.41, 5.74) is 0.852. The van der Waals surface area contributed by atoms with Gasteiger partial charge in [0, 0.05) is 18.5 Å². The third-order valence-electron chi connectivity index (χ3n) is 3.26. The van der Waals surface area contributed by atoms with E-state index in [9.17, 15) is 9.90 Å². The number of phenols is 1. The van der Waals surface area contributed by atoms with Crippen LogP contribution in [0.2, 0.25) is 0 Å². The fraction of sp³-hybridized carbons (Fsp3) is 0.500. The average molecular weight is 233 g/mol. The minimum Gasteiger partial charge on any atom is -0.508 e. The lowest BCUT2D eigenvalue weighted by Gasteiger charge is -2.36. The Balaban J connectivity index is 2.38. The van der Waals surface area contributed by atoms with Crippen LogP contribution in [-0.2, 0) is 4.79 Å². The number of benzene rings is 1. The lowest BCUT2D eigenvalue weighted by molar-refractivity contribution is -0.120. The molecular weight excluding hydrogens is 214 g/mol. The highest BCUT2D eigenvalue weighted by molar-refractivity contribution is 5.87. The Bertz CT molecular complexity index is 434. The van der Waals surface area contributed by atoms with Gasteiger partial charge < -0.3 is 5.11 Å². The molecule has 1 aliphatic rings. The molecule has 92 valence electrons. The van der Waals surface area contributed by atoms with Crippen molar-refractivity contribution in [2.24, 2.45) is 0 Å². The summed E-state index contributed by atoms with van der Waals surface area (Å²) in [6.07, 6.45) is 0.595. The van der Waals surface area contributed by atoms with Gasteiger partial charge in [0.1, 0.15) is 5.75 Å². The molecule has 1 atom stereocenters. The molecule has 1 aromatic rings. The van der Waals surface area contributed by atoms with E-state index in [4.69, 9.17) is 0 Å². The monoisotopic (exact) mass is 233 g/mol. The van der Waals surface area contributed by atoms with Crippen molar-refractivity contribution in [2.45, 2.75) is 38.8 Å². The summed E-state index contributed by atoms with van der Waals surface area (Å²) in [6.45, 7) is 7.13. The van der Waals surface area contributed by atoms with E-state index in [1.54, 1.807) is 18.2 Å². The van der Waals surface area contributed by atoms with E-state index in [0.717, 1.165) is 12.1 Å². The molecule has 1 heterocycles. The highest BCUT2D eigenvalue weighted by atomic mass is 16.3. The number of carbonyl (C=O) groups is 1. The van der Waals surface area contributed by atoms with Crippen molar-refractivity contribution < 1.29 is 9.90 Å². The van der Waals surface area contributed by atoms with Gasteiger partial charge in [0.15, 0.2) is 5.78 Å². The summed E-state index contributed by atoms with van der Waals surface area (Å²) in [5.74, 6) is 0.460. The summed E-state index contributed by atoms with van der Waals surface area (Å²) in [4.78, 5) is 14.2. The first-order valence-corrected chi connectivity index (χ1v) is 5.98. The number of Topliss-reactive ketones (excluding diaryl/α,β-unsaturated/α-hetero) is 1. The van der Waals surface area contributed by atoms with Gasteiger partial charge in [-0.25, -0.2) is 0 Å². The Labute approximate surface area is 102 Å². The normalized spacial score (nSPS) is 22.1. The van der Waals surface area contributed by atoms with Gasteiger partial charge in [0.2, 0.25) is 0 Å². The third kappa shape index (κ3) is 2.34. The van der Waals surface area contributed by atoms with Gasteiger partial charge in [-0.15, -0.1) is 0 Å². The van der Waals surface area contributed by atoms with Crippen molar-refractivity contribution >= 4 is 5.78 Å². The SMILES string of the molecule is CC(C)(C)N1CCC(=O)C1c1cccc(O)c1. The number of likely N-dealkylation sites (tertiary alicyclic amines) is 1. The molecule has 3 nitrogen and oxygen atoms in total. The van der Waals surface area contributed by atoms with Gasteiger partial charge in [-0.3, -0.25) is 9.69 Å². The Morgan fingerprint density at radius 1 is 1.35 bits per heavy atom. The first kappa shape index (κ1) is 12.1. The minimum absolute atomic E-state index is 0.0394. The first-order valence-electron chi connectivity index (χ1n) is 5.98. The third-order valence-corrected chi connectivity index (χ3v) is 3.26. The van der Waals surface area contributed by atoms with E-state index >= 15 is 0 Å². The molecular formula is C14H19NO2. The Morgan fingerprint density at radius 2 is 2.06 bits per heavy atom. The van der Waals surface area contributed by atoms with Crippen molar-refractivity contribution in [2.75, 3.05) is 6.54 Å². The topological polar surface area (TPSA) is 40.5 Å². The van der Waals surface area contributed by atoms with E-state index in [-0.39, 0.29) is 23.1 Å². The van der Waals surface area contributed by atoms with Gasteiger partial charge in [-0.2, -0.15) is 0 Å². The number of hydrogen-bond donors (Lipinski definition) is 1. The number of carbonyl (C=O) groups excluding carboxylic acids is 1. The molecule has 1 aliphatic heterocycles. The number of aromatic hydroxyl groups is 1. The van der Waals surface area contributed by atoms with Crippen molar-refractivity contribution in [3.05, 3.63) is 29.8 Å². The van der Waals surface area contributed by atoms with E-state index in [1.165, 1.54) is 0 Å². The van der Waals surface area contributed by atoms with Crippen molar-refractivity contribution in [1.82, 2.24) is 4.90 Å². The average Bonchev–Trinajstić information content (AvgIpc) is 2.59. The molecule has 0 aliphatic carbocycles. The van der Waals surface area contributed by atoms with E-state index in [0.29, 0.717) is 6.42 Å². The maximum Gasteiger partial charge on any atom is 0.155 e. The van der Waals surface area contributed by atoms with Crippen LogP contribution in [0.5, 0.6) is 5.75 Å². The van der Waals surface area contributed by atoms with E-state index in [1.807, 2.05) is 6.07 Å². The molecule has 0 saturated carbocycles. The predicted molar refractivity (Wildman–Crippen MR) is 66.9 cm³/mol. The molecule has 1 aromatic carbocycles. The maximum absolute atomic E-state index is 12.0. The number of rotatable bonds is 1. The van der Waals surface area contributed by atoms with Crippen molar-refractivity contribution in [1.29, 1.82) is 0 Å². The van der Waals surface area contributed by atoms with E-state index in [2.05, 4.69) is 25.7 Å². The molecule has 1 N–H and O–H groups in total. The standard InChI is InChI=1S/C14H19NO2/c1-14(2,3)15-8-7-12(17)13(15)10-5-4-6-11(16)9-10/h4-6,9,13,16H,7-8H2,1-3H3. The maximum atomic E-state index is 12.0. The van der Waals surface area contributed by atoms with Crippen LogP contribution < -0.4 is 0 Å². The molecule has 0 radical (unpaired) electrons. The molecule has 1 unspecified atom stereocenters. The number of ketones is 1. The fourth-order valence-corrected chi connectivity index (χ4v) is 2.45. The van der Waals surface area contributed by atoms with Crippen LogP contribution in [0.15, 0.2) is 24.3 Å². The van der Waals surface area contributed by atoms with Crippen molar-refractivity contribution in [3.63, 3.8) is 0 Å². The molecule has 0 spiro atoms. The van der Waals surface area contributed by atoms with Gasteiger partial charge in [-0.1, -0.05) is 12.1 Å². The fourth-order valence-electron chi connectivity index (χ4n) is 2.45. The number of hydrogen-bond acceptors (Lipinski definition) is 3. The van der Waals surface area contributed by atoms with Crippen LogP contribution in [0.4, 0.5) is 0 Å². The van der Waals surface area contributed by atoms with Crippen LogP contribution in [-0.4, -0.2) is 27.9 Å². The molecule has 3 heteroatoms. The highest BCUT2D eigenvalue weighted by Crippen LogP contribution is 2.35. The molecule has 0 amide bonds. The number of phenolic OH excluding ortho intramolecular Hbond substituents is 1. The largest absolute Gasteiger partial charge is 0.508 e. The van der Waals surface area contributed by atoms with Crippen molar-refractivity contribution in [3.8, 4) is 5.75 Å². The van der Waals surface area contributed by atoms with E-state index < -0.39 is 0 Å². The molecule has 1 saturated heterocycles. The highest BCUT2D eigenvalue weighted by Gasteiger charge is 2.39. The van der Waals surface area contributed by atoms with Gasteiger partial charge in [0.25, 0.3) is 0 Å². The zero-order valence-corrected chi connectivity index (χ0v) is 10.6. The summed E-state index contributed by atoms with van der Waals surface area (Å²) in [6, 6.07) is 6.81. The van der Waals surface area contributed by atoms with Gasteiger partial charge in [-0.05, 0) is 38.5 Å². The zero-order chi connectivity index (χ0) is 12.6. The van der Waals surface area contributed by atoms with Crippen LogP contribution in [0, 0.1) is 0 Å². The Kier molecular flexibility index (Phi) is 2.96. The molecule has 2 rings (SSSR count). The summed E-state index contributed by atoms with van der Waals surface area (Å²) >= 11 is 0. The molecule has 1 fully saturated rings. The first-order chi connectivity index (χ1) is 7.89. The Hall–Kier alpha value is -1.35. The van der Waals surface area contributed by atoms with Crippen LogP contribution in [0.25, 0.3) is 0 Å². The zero-order valence-electron chi connectivity index (χ0n) is 10.6. The second kappa shape index (κ2) is 4.15. The second-order valence-electron chi connectivity index (χ2n) is 5.58.